The molecule has 0 bridgehead atoms. The van der Waals surface area contributed by atoms with Crippen LogP contribution in [0.25, 0.3) is 0 Å². The van der Waals surface area contributed by atoms with Crippen molar-refractivity contribution < 1.29 is 14.4 Å². The number of allylic oxidation sites excluding steroid dienone is 2. The fourth-order valence-corrected chi connectivity index (χ4v) is 3.26. The van der Waals surface area contributed by atoms with Crippen LogP contribution in [0.5, 0.6) is 11.5 Å². The molecule has 25 heavy (non-hydrogen) atoms. The van der Waals surface area contributed by atoms with Gasteiger partial charge in [0.15, 0.2) is 11.5 Å². The Balaban J connectivity index is 2.86. The van der Waals surface area contributed by atoms with E-state index in [1.54, 1.807) is 0 Å². The monoisotopic (exact) mass is 359 g/mol. The first kappa shape index (κ1) is 18.0. The lowest BCUT2D eigenvalue weighted by molar-refractivity contribution is -0.385. The topological polar surface area (TPSA) is 161 Å². The van der Waals surface area contributed by atoms with Crippen LogP contribution in [0, 0.1) is 32.8 Å². The molecular weight excluding hydrogens is 346 g/mol. The molecule has 0 fully saturated rings. The van der Waals surface area contributed by atoms with Crippen LogP contribution in [0.4, 0.5) is 5.69 Å². The highest BCUT2D eigenvalue weighted by Gasteiger charge is 2.36. The Hall–Kier alpha value is -3.37. The van der Waals surface area contributed by atoms with Gasteiger partial charge in [0.25, 0.3) is 5.69 Å². The SMILES string of the molecule is COc1cc(C2C(C#N)=C(N)SC(N)=C2C#N)c([N+](=O)[O-])cc1OC. The molecule has 1 aliphatic rings. The summed E-state index contributed by atoms with van der Waals surface area (Å²) in [6.45, 7) is 0. The number of hydrogen-bond acceptors (Lipinski definition) is 9. The summed E-state index contributed by atoms with van der Waals surface area (Å²) in [7, 11) is 2.71. The zero-order valence-corrected chi connectivity index (χ0v) is 14.1. The van der Waals surface area contributed by atoms with E-state index < -0.39 is 10.8 Å². The van der Waals surface area contributed by atoms with Gasteiger partial charge in [0.1, 0.15) is 0 Å². The average molecular weight is 359 g/mol. The highest BCUT2D eigenvalue weighted by molar-refractivity contribution is 8.06. The number of nitrogens with two attached hydrogens (primary N) is 2. The summed E-state index contributed by atoms with van der Waals surface area (Å²) in [5.74, 6) is -0.696. The van der Waals surface area contributed by atoms with E-state index in [0.29, 0.717) is 0 Å². The summed E-state index contributed by atoms with van der Waals surface area (Å²) in [5, 5.41) is 30.6. The number of nitro benzene ring substituents is 1. The third-order valence-electron chi connectivity index (χ3n) is 3.61. The lowest BCUT2D eigenvalue weighted by Gasteiger charge is -2.24. The molecule has 0 saturated heterocycles. The minimum absolute atomic E-state index is 0.0195. The maximum absolute atomic E-state index is 11.5. The van der Waals surface area contributed by atoms with Gasteiger partial charge >= 0.3 is 0 Å². The fourth-order valence-electron chi connectivity index (χ4n) is 2.48. The van der Waals surface area contributed by atoms with Crippen molar-refractivity contribution >= 4 is 17.4 Å². The molecule has 4 N–H and O–H groups in total. The molecule has 1 aliphatic heterocycles. The van der Waals surface area contributed by atoms with E-state index in [1.807, 2.05) is 12.1 Å². The van der Waals surface area contributed by atoms with Crippen molar-refractivity contribution in [3.8, 4) is 23.6 Å². The molecule has 0 radical (unpaired) electrons. The number of nitriles is 2. The van der Waals surface area contributed by atoms with Gasteiger partial charge in [-0.1, -0.05) is 11.8 Å². The first-order valence-electron chi connectivity index (χ1n) is 6.77. The second-order valence-electron chi connectivity index (χ2n) is 4.84. The number of rotatable bonds is 4. The minimum atomic E-state index is -1.06. The number of methoxy groups -OCH3 is 2. The molecule has 9 nitrogen and oxygen atoms in total. The number of benzene rings is 1. The predicted molar refractivity (Wildman–Crippen MR) is 90.2 cm³/mol. The summed E-state index contributed by atoms with van der Waals surface area (Å²) in [5.41, 5.74) is 11.5. The van der Waals surface area contributed by atoms with Gasteiger partial charge in [0.2, 0.25) is 0 Å². The first-order valence-corrected chi connectivity index (χ1v) is 7.58. The van der Waals surface area contributed by atoms with Crippen LogP contribution in [0.15, 0.2) is 33.3 Å². The number of nitro groups is 1. The molecule has 0 unspecified atom stereocenters. The van der Waals surface area contributed by atoms with E-state index in [0.717, 1.165) is 11.8 Å². The Morgan fingerprint density at radius 2 is 1.60 bits per heavy atom. The Kier molecular flexibility index (Phi) is 5.05. The van der Waals surface area contributed by atoms with Crippen molar-refractivity contribution in [1.82, 2.24) is 0 Å². The highest BCUT2D eigenvalue weighted by atomic mass is 32.2. The summed E-state index contributed by atoms with van der Waals surface area (Å²) < 4.78 is 10.3. The van der Waals surface area contributed by atoms with Gasteiger partial charge in [-0.25, -0.2) is 0 Å². The zero-order valence-electron chi connectivity index (χ0n) is 13.3. The molecule has 10 heteroatoms. The second kappa shape index (κ2) is 7.03. The molecule has 0 spiro atoms. The van der Waals surface area contributed by atoms with Crippen molar-refractivity contribution in [1.29, 1.82) is 10.5 Å². The van der Waals surface area contributed by atoms with Gasteiger partial charge in [-0.05, 0) is 6.07 Å². The molecule has 1 heterocycles. The normalized spacial score (nSPS) is 14.7. The van der Waals surface area contributed by atoms with Crippen LogP contribution < -0.4 is 20.9 Å². The Labute approximate surface area is 147 Å². The fraction of sp³-hybridized carbons (Fsp3) is 0.200. The van der Waals surface area contributed by atoms with Crippen LogP contribution in [-0.2, 0) is 0 Å². The van der Waals surface area contributed by atoms with Crippen LogP contribution in [0.1, 0.15) is 11.5 Å². The molecule has 0 atom stereocenters. The molecule has 0 amide bonds. The first-order chi connectivity index (χ1) is 11.9. The quantitative estimate of drug-likeness (QED) is 0.603. The molecule has 1 aromatic rings. The predicted octanol–water partition coefficient (Wildman–Crippen LogP) is 1.83. The van der Waals surface area contributed by atoms with Gasteiger partial charge in [0.05, 0.1) is 64.5 Å². The van der Waals surface area contributed by atoms with Gasteiger partial charge < -0.3 is 20.9 Å². The summed E-state index contributed by atoms with van der Waals surface area (Å²) in [6.07, 6.45) is 0. The van der Waals surface area contributed by atoms with Gasteiger partial charge in [-0.15, -0.1) is 0 Å². The van der Waals surface area contributed by atoms with Crippen LogP contribution in [0.2, 0.25) is 0 Å². The number of thioether (sulfide) groups is 1. The minimum Gasteiger partial charge on any atom is -0.493 e. The average Bonchev–Trinajstić information content (AvgIpc) is 2.59. The maximum atomic E-state index is 11.5. The molecular formula is C15H13N5O4S. The smallest absolute Gasteiger partial charge is 0.277 e. The van der Waals surface area contributed by atoms with Crippen molar-refractivity contribution in [3.63, 3.8) is 0 Å². The van der Waals surface area contributed by atoms with Gasteiger partial charge in [-0.2, -0.15) is 10.5 Å². The summed E-state index contributed by atoms with van der Waals surface area (Å²) in [6, 6.07) is 6.36. The lowest BCUT2D eigenvalue weighted by Crippen LogP contribution is -2.19. The molecule has 0 aromatic heterocycles. The number of hydrogen-bond donors (Lipinski definition) is 2. The zero-order chi connectivity index (χ0) is 18.7. The van der Waals surface area contributed by atoms with Crippen LogP contribution >= 0.6 is 11.8 Å². The van der Waals surface area contributed by atoms with Crippen molar-refractivity contribution in [3.05, 3.63) is 49.0 Å². The standard InChI is InChI=1S/C15H13N5O4S/c1-23-11-3-7(10(20(21)22)4-12(11)24-2)13-8(5-16)14(18)25-15(19)9(13)6-17/h3-4,13H,18-19H2,1-2H3. The molecule has 1 aromatic carbocycles. The van der Waals surface area contributed by atoms with E-state index in [-0.39, 0.29) is 44.0 Å². The number of nitrogens with zero attached hydrogens (tertiary/aromatic N) is 3. The van der Waals surface area contributed by atoms with Crippen molar-refractivity contribution in [2.75, 3.05) is 14.2 Å². The van der Waals surface area contributed by atoms with Crippen molar-refractivity contribution in [2.45, 2.75) is 5.92 Å². The van der Waals surface area contributed by atoms with Crippen LogP contribution in [0.3, 0.4) is 0 Å². The van der Waals surface area contributed by atoms with Gasteiger partial charge in [-0.3, -0.25) is 10.1 Å². The Morgan fingerprint density at radius 3 is 2.00 bits per heavy atom. The second-order valence-corrected chi connectivity index (χ2v) is 5.92. The largest absolute Gasteiger partial charge is 0.493 e. The van der Waals surface area contributed by atoms with E-state index in [1.165, 1.54) is 26.4 Å². The Bertz CT molecular complexity index is 858. The highest BCUT2D eigenvalue weighted by Crippen LogP contribution is 2.47. The van der Waals surface area contributed by atoms with E-state index in [9.17, 15) is 20.6 Å². The maximum Gasteiger partial charge on any atom is 0.277 e. The van der Waals surface area contributed by atoms with E-state index in [2.05, 4.69) is 0 Å². The van der Waals surface area contributed by atoms with Gasteiger partial charge in [0, 0.05) is 5.56 Å². The molecule has 0 aliphatic carbocycles. The third kappa shape index (κ3) is 3.03. The van der Waals surface area contributed by atoms with Crippen LogP contribution in [-0.4, -0.2) is 19.1 Å². The lowest BCUT2D eigenvalue weighted by atomic mass is 9.84. The summed E-state index contributed by atoms with van der Waals surface area (Å²) >= 11 is 0.881. The molecule has 2 rings (SSSR count). The van der Waals surface area contributed by atoms with E-state index in [4.69, 9.17) is 20.9 Å². The number of ether oxygens (including phenoxy) is 2. The molecule has 0 saturated carbocycles. The van der Waals surface area contributed by atoms with Crippen molar-refractivity contribution in [2.24, 2.45) is 11.5 Å². The third-order valence-corrected chi connectivity index (χ3v) is 4.49. The van der Waals surface area contributed by atoms with E-state index >= 15 is 0 Å². The molecule has 128 valence electrons. The summed E-state index contributed by atoms with van der Waals surface area (Å²) in [4.78, 5) is 10.9. The Morgan fingerprint density at radius 1 is 1.12 bits per heavy atom.